The van der Waals surface area contributed by atoms with Gasteiger partial charge in [-0.1, -0.05) is 54.6 Å². The summed E-state index contributed by atoms with van der Waals surface area (Å²) in [5, 5.41) is 7.96. The molecule has 4 aromatic carbocycles. The number of hydrogen-bond acceptors (Lipinski definition) is 3. The van der Waals surface area contributed by atoms with Gasteiger partial charge in [0.2, 0.25) is 0 Å². The predicted octanol–water partition coefficient (Wildman–Crippen LogP) is 5.93. The van der Waals surface area contributed by atoms with Crippen LogP contribution in [0.3, 0.4) is 0 Å². The number of para-hydroxylation sites is 2. The van der Waals surface area contributed by atoms with Crippen molar-refractivity contribution in [2.24, 2.45) is 0 Å². The van der Waals surface area contributed by atoms with Gasteiger partial charge in [0.05, 0.1) is 11.3 Å². The molecule has 0 unspecified atom stereocenters. The smallest absolute Gasteiger partial charge is 0.319 e. The topological polar surface area (TPSA) is 70.7 Å². The number of amides is 3. The number of anilines is 2. The van der Waals surface area contributed by atoms with Crippen LogP contribution in [-0.4, -0.2) is 18.5 Å². The maximum atomic E-state index is 13.2. The van der Waals surface area contributed by atoms with E-state index >= 15 is 0 Å². The molecule has 0 atom stereocenters. The Morgan fingerprint density at radius 3 is 2.58 bits per heavy atom. The fraction of sp³-hybridized carbons (Fsp3) is 0.111. The minimum Gasteiger partial charge on any atom is -0.454 e. The number of fused-ring (bicyclic) bond motifs is 3. The molecule has 6 nitrogen and oxygen atoms in total. The molecule has 0 bridgehead atoms. The molecule has 0 aliphatic carbocycles. The van der Waals surface area contributed by atoms with Crippen LogP contribution in [0.15, 0.2) is 84.9 Å². The molecular formula is C27H23N3O3. The predicted molar refractivity (Wildman–Crippen MR) is 130 cm³/mol. The Bertz CT molecular complexity index is 1360. The molecule has 5 rings (SSSR count). The number of hydrogen-bond donors (Lipinski definition) is 2. The molecule has 3 amide bonds. The first-order valence-electron chi connectivity index (χ1n) is 10.9. The zero-order valence-corrected chi connectivity index (χ0v) is 18.2. The summed E-state index contributed by atoms with van der Waals surface area (Å²) in [5.41, 5.74) is 2.68. The Morgan fingerprint density at radius 1 is 0.909 bits per heavy atom. The second kappa shape index (κ2) is 8.67. The fourth-order valence-corrected chi connectivity index (χ4v) is 4.11. The van der Waals surface area contributed by atoms with Crippen LogP contribution in [0.1, 0.15) is 22.8 Å². The minimum absolute atomic E-state index is 0.169. The maximum Gasteiger partial charge on any atom is 0.319 e. The summed E-state index contributed by atoms with van der Waals surface area (Å²) >= 11 is 0. The zero-order valence-electron chi connectivity index (χ0n) is 18.2. The van der Waals surface area contributed by atoms with Crippen LogP contribution in [0.25, 0.3) is 10.8 Å². The third-order valence-electron chi connectivity index (χ3n) is 5.72. The molecule has 164 valence electrons. The molecule has 0 spiro atoms. The summed E-state index contributed by atoms with van der Waals surface area (Å²) in [6, 6.07) is 26.3. The lowest BCUT2D eigenvalue weighted by Crippen LogP contribution is -2.30. The van der Waals surface area contributed by atoms with Crippen LogP contribution in [0.4, 0.5) is 16.2 Å². The highest BCUT2D eigenvalue weighted by Crippen LogP contribution is 2.39. The van der Waals surface area contributed by atoms with E-state index in [9.17, 15) is 9.59 Å². The minimum atomic E-state index is -0.347. The molecular weight excluding hydrogens is 414 g/mol. The SMILES string of the molecule is CCN1C(=O)c2cc(NC(=O)NCc3cccc4ccccc34)ccc2Oc2ccccc21. The average molecular weight is 437 g/mol. The molecule has 0 saturated heterocycles. The van der Waals surface area contributed by atoms with Gasteiger partial charge in [0.15, 0.2) is 5.75 Å². The Hall–Kier alpha value is -4.32. The van der Waals surface area contributed by atoms with Crippen LogP contribution in [-0.2, 0) is 6.54 Å². The van der Waals surface area contributed by atoms with Crippen molar-refractivity contribution in [1.82, 2.24) is 5.32 Å². The van der Waals surface area contributed by atoms with Gasteiger partial charge >= 0.3 is 6.03 Å². The Kier molecular flexibility index (Phi) is 5.40. The normalized spacial score (nSPS) is 12.4. The summed E-state index contributed by atoms with van der Waals surface area (Å²) in [6.07, 6.45) is 0. The van der Waals surface area contributed by atoms with Crippen LogP contribution in [0, 0.1) is 0 Å². The molecule has 0 aromatic heterocycles. The molecule has 6 heteroatoms. The second-order valence-electron chi connectivity index (χ2n) is 7.78. The first-order chi connectivity index (χ1) is 16.1. The molecule has 2 N–H and O–H groups in total. The van der Waals surface area contributed by atoms with Crippen molar-refractivity contribution >= 4 is 34.1 Å². The summed E-state index contributed by atoms with van der Waals surface area (Å²) < 4.78 is 6.02. The van der Waals surface area contributed by atoms with Crippen molar-refractivity contribution in [3.63, 3.8) is 0 Å². The van der Waals surface area contributed by atoms with Crippen LogP contribution in [0.5, 0.6) is 11.5 Å². The second-order valence-corrected chi connectivity index (χ2v) is 7.78. The first kappa shape index (κ1) is 20.6. The van der Waals surface area contributed by atoms with E-state index < -0.39 is 0 Å². The van der Waals surface area contributed by atoms with Gasteiger partial charge in [-0.25, -0.2) is 4.79 Å². The van der Waals surface area contributed by atoms with Crippen LogP contribution < -0.4 is 20.3 Å². The number of rotatable bonds is 4. The third-order valence-corrected chi connectivity index (χ3v) is 5.72. The van der Waals surface area contributed by atoms with Gasteiger partial charge in [-0.15, -0.1) is 0 Å². The largest absolute Gasteiger partial charge is 0.454 e. The van der Waals surface area contributed by atoms with E-state index in [1.807, 2.05) is 73.7 Å². The van der Waals surface area contributed by atoms with Gasteiger partial charge < -0.3 is 20.3 Å². The molecule has 1 aliphatic rings. The summed E-state index contributed by atoms with van der Waals surface area (Å²) in [5.74, 6) is 0.919. The van der Waals surface area contributed by atoms with Gasteiger partial charge in [0.1, 0.15) is 5.75 Å². The van der Waals surface area contributed by atoms with Crippen molar-refractivity contribution in [3.8, 4) is 11.5 Å². The lowest BCUT2D eigenvalue weighted by atomic mass is 10.0. The van der Waals surface area contributed by atoms with Gasteiger partial charge in [0, 0.05) is 18.8 Å². The van der Waals surface area contributed by atoms with E-state index in [-0.39, 0.29) is 11.9 Å². The Morgan fingerprint density at radius 2 is 1.70 bits per heavy atom. The van der Waals surface area contributed by atoms with E-state index in [0.717, 1.165) is 22.0 Å². The molecule has 4 aromatic rings. The van der Waals surface area contributed by atoms with E-state index in [1.54, 1.807) is 23.1 Å². The van der Waals surface area contributed by atoms with Crippen LogP contribution >= 0.6 is 0 Å². The molecule has 1 aliphatic heterocycles. The van der Waals surface area contributed by atoms with Crippen molar-refractivity contribution in [1.29, 1.82) is 0 Å². The zero-order chi connectivity index (χ0) is 22.8. The molecule has 0 saturated carbocycles. The lowest BCUT2D eigenvalue weighted by Gasteiger charge is -2.19. The highest BCUT2D eigenvalue weighted by atomic mass is 16.5. The molecule has 33 heavy (non-hydrogen) atoms. The molecule has 1 heterocycles. The first-order valence-corrected chi connectivity index (χ1v) is 10.9. The number of benzene rings is 4. The highest BCUT2D eigenvalue weighted by Gasteiger charge is 2.27. The maximum absolute atomic E-state index is 13.2. The van der Waals surface area contributed by atoms with E-state index in [0.29, 0.717) is 35.8 Å². The standard InChI is InChI=1S/C27H23N3O3/c1-2-30-23-12-5-6-13-25(23)33-24-15-14-20(16-22(24)26(30)31)29-27(32)28-17-19-10-7-9-18-8-3-4-11-21(18)19/h3-16H,2,17H2,1H3,(H2,28,29,32). The van der Waals surface area contributed by atoms with E-state index in [1.165, 1.54) is 0 Å². The summed E-state index contributed by atoms with van der Waals surface area (Å²) in [4.78, 5) is 27.5. The quantitative estimate of drug-likeness (QED) is 0.415. The molecule has 0 fully saturated rings. The monoisotopic (exact) mass is 437 g/mol. The molecule has 0 radical (unpaired) electrons. The Labute approximate surface area is 191 Å². The average Bonchev–Trinajstić information content (AvgIpc) is 2.96. The number of ether oxygens (including phenoxy) is 1. The highest BCUT2D eigenvalue weighted by molar-refractivity contribution is 6.10. The van der Waals surface area contributed by atoms with Gasteiger partial charge in [0.25, 0.3) is 5.91 Å². The number of nitrogens with one attached hydrogen (secondary N) is 2. The van der Waals surface area contributed by atoms with E-state index in [2.05, 4.69) is 10.6 Å². The number of carbonyl (C=O) groups is 2. The third kappa shape index (κ3) is 3.99. The van der Waals surface area contributed by atoms with Gasteiger partial charge in [-0.05, 0) is 53.6 Å². The Balaban J connectivity index is 1.34. The summed E-state index contributed by atoms with van der Waals surface area (Å²) in [7, 11) is 0. The fourth-order valence-electron chi connectivity index (χ4n) is 4.11. The van der Waals surface area contributed by atoms with Crippen molar-refractivity contribution in [2.75, 3.05) is 16.8 Å². The van der Waals surface area contributed by atoms with E-state index in [4.69, 9.17) is 4.74 Å². The van der Waals surface area contributed by atoms with Crippen molar-refractivity contribution in [3.05, 3.63) is 96.1 Å². The summed E-state index contributed by atoms with van der Waals surface area (Å²) in [6.45, 7) is 2.81. The van der Waals surface area contributed by atoms with Crippen molar-refractivity contribution in [2.45, 2.75) is 13.5 Å². The number of nitrogens with zero attached hydrogens (tertiary/aromatic N) is 1. The van der Waals surface area contributed by atoms with Gasteiger partial charge in [-0.2, -0.15) is 0 Å². The number of carbonyl (C=O) groups excluding carboxylic acids is 2. The van der Waals surface area contributed by atoms with Crippen molar-refractivity contribution < 1.29 is 14.3 Å². The lowest BCUT2D eigenvalue weighted by molar-refractivity contribution is 0.0988. The number of urea groups is 1. The van der Waals surface area contributed by atoms with Gasteiger partial charge in [-0.3, -0.25) is 4.79 Å². The van der Waals surface area contributed by atoms with Crippen LogP contribution in [0.2, 0.25) is 0 Å².